The van der Waals surface area contributed by atoms with E-state index in [1.54, 1.807) is 13.0 Å². The van der Waals surface area contributed by atoms with E-state index in [-0.39, 0.29) is 11.8 Å². The molecule has 2 aromatic carbocycles. The summed E-state index contributed by atoms with van der Waals surface area (Å²) in [6.45, 7) is 1.33. The number of ether oxygens (including phenoxy) is 2. The Morgan fingerprint density at radius 2 is 2.00 bits per heavy atom. The van der Waals surface area contributed by atoms with Gasteiger partial charge >= 0.3 is 5.97 Å². The van der Waals surface area contributed by atoms with Crippen molar-refractivity contribution < 1.29 is 27.9 Å². The Hall–Kier alpha value is -3.61. The van der Waals surface area contributed by atoms with Crippen LogP contribution in [-0.2, 0) is 14.3 Å². The van der Waals surface area contributed by atoms with E-state index in [2.05, 4.69) is 5.32 Å². The molecule has 1 atom stereocenters. The standard InChI is InChI=1S/C22H20FNO5/c1-14(20-12-16-5-3-4-6-18(16)29-20)24-21(25)13-28-22(26)10-8-15-7-9-19(27-2)17(23)11-15/h3-12,14H,13H2,1-2H3,(H,24,25)/b10-8+/t14-/m1/s1. The maximum Gasteiger partial charge on any atom is 0.331 e. The smallest absolute Gasteiger partial charge is 0.331 e. The second-order valence-corrected chi connectivity index (χ2v) is 6.31. The number of benzene rings is 2. The molecule has 1 amide bonds. The molecule has 0 saturated heterocycles. The van der Waals surface area contributed by atoms with E-state index < -0.39 is 24.3 Å². The van der Waals surface area contributed by atoms with Crippen LogP contribution in [0.15, 0.2) is 59.0 Å². The molecule has 150 valence electrons. The molecule has 7 heteroatoms. The van der Waals surface area contributed by atoms with Crippen LogP contribution >= 0.6 is 0 Å². The second kappa shape index (κ2) is 9.05. The van der Waals surface area contributed by atoms with Crippen LogP contribution in [0.1, 0.15) is 24.3 Å². The molecule has 0 saturated carbocycles. The highest BCUT2D eigenvalue weighted by molar-refractivity contribution is 5.89. The molecular formula is C22H20FNO5. The summed E-state index contributed by atoms with van der Waals surface area (Å²) in [5, 5.41) is 3.65. The maximum absolute atomic E-state index is 13.6. The lowest BCUT2D eigenvalue weighted by Gasteiger charge is -2.11. The van der Waals surface area contributed by atoms with E-state index in [0.29, 0.717) is 11.3 Å². The molecule has 0 aliphatic rings. The van der Waals surface area contributed by atoms with Crippen LogP contribution in [0.5, 0.6) is 5.75 Å². The van der Waals surface area contributed by atoms with E-state index in [1.807, 2.05) is 30.3 Å². The number of carbonyl (C=O) groups is 2. The van der Waals surface area contributed by atoms with E-state index in [1.165, 1.54) is 25.3 Å². The second-order valence-electron chi connectivity index (χ2n) is 6.31. The third-order valence-electron chi connectivity index (χ3n) is 4.18. The van der Waals surface area contributed by atoms with Crippen molar-refractivity contribution in [1.82, 2.24) is 5.32 Å². The van der Waals surface area contributed by atoms with E-state index in [4.69, 9.17) is 13.9 Å². The monoisotopic (exact) mass is 397 g/mol. The highest BCUT2D eigenvalue weighted by atomic mass is 19.1. The molecule has 3 rings (SSSR count). The third kappa shape index (κ3) is 5.22. The first kappa shape index (κ1) is 20.1. The van der Waals surface area contributed by atoms with Gasteiger partial charge in [-0.1, -0.05) is 24.3 Å². The van der Waals surface area contributed by atoms with Crippen molar-refractivity contribution in [1.29, 1.82) is 0 Å². The molecule has 0 aliphatic heterocycles. The Bertz CT molecular complexity index is 1020. The summed E-state index contributed by atoms with van der Waals surface area (Å²) in [5.74, 6) is -1.00. The molecular weight excluding hydrogens is 377 g/mol. The normalized spacial score (nSPS) is 12.1. The van der Waals surface area contributed by atoms with Crippen LogP contribution in [0.4, 0.5) is 4.39 Å². The maximum atomic E-state index is 13.6. The topological polar surface area (TPSA) is 77.8 Å². The van der Waals surface area contributed by atoms with Gasteiger partial charge in [0, 0.05) is 11.5 Å². The van der Waals surface area contributed by atoms with Crippen molar-refractivity contribution >= 4 is 28.9 Å². The fraction of sp³-hybridized carbons (Fsp3) is 0.182. The summed E-state index contributed by atoms with van der Waals surface area (Å²) in [6, 6.07) is 13.3. The number of fused-ring (bicyclic) bond motifs is 1. The number of carbonyl (C=O) groups excluding carboxylic acids is 2. The van der Waals surface area contributed by atoms with Gasteiger partial charge in [-0.2, -0.15) is 0 Å². The molecule has 1 N–H and O–H groups in total. The Morgan fingerprint density at radius 3 is 2.72 bits per heavy atom. The lowest BCUT2D eigenvalue weighted by atomic mass is 10.2. The molecule has 1 heterocycles. The van der Waals surface area contributed by atoms with E-state index >= 15 is 0 Å². The van der Waals surface area contributed by atoms with Gasteiger partial charge in [0.15, 0.2) is 18.2 Å². The van der Waals surface area contributed by atoms with Gasteiger partial charge in [0.25, 0.3) is 5.91 Å². The summed E-state index contributed by atoms with van der Waals surface area (Å²) in [7, 11) is 1.37. The van der Waals surface area contributed by atoms with E-state index in [9.17, 15) is 14.0 Å². The summed E-state index contributed by atoms with van der Waals surface area (Å²) >= 11 is 0. The molecule has 0 radical (unpaired) electrons. The van der Waals surface area contributed by atoms with Crippen LogP contribution in [0, 0.1) is 5.82 Å². The number of nitrogens with one attached hydrogen (secondary N) is 1. The predicted molar refractivity (Wildman–Crippen MR) is 106 cm³/mol. The molecule has 0 unspecified atom stereocenters. The molecule has 3 aromatic rings. The first-order valence-corrected chi connectivity index (χ1v) is 8.92. The lowest BCUT2D eigenvalue weighted by molar-refractivity contribution is -0.144. The molecule has 29 heavy (non-hydrogen) atoms. The van der Waals surface area contributed by atoms with Gasteiger partial charge in [-0.15, -0.1) is 0 Å². The summed E-state index contributed by atoms with van der Waals surface area (Å²) in [6.07, 6.45) is 2.51. The van der Waals surface area contributed by atoms with Gasteiger partial charge in [0.1, 0.15) is 11.3 Å². The van der Waals surface area contributed by atoms with Crippen LogP contribution in [0.3, 0.4) is 0 Å². The van der Waals surface area contributed by atoms with Gasteiger partial charge in [-0.3, -0.25) is 4.79 Å². The average Bonchev–Trinajstić information content (AvgIpc) is 3.15. The number of methoxy groups -OCH3 is 1. The third-order valence-corrected chi connectivity index (χ3v) is 4.18. The fourth-order valence-electron chi connectivity index (χ4n) is 2.71. The van der Waals surface area contributed by atoms with Crippen molar-refractivity contribution in [3.8, 4) is 5.75 Å². The minimum Gasteiger partial charge on any atom is -0.494 e. The number of hydrogen-bond acceptors (Lipinski definition) is 5. The van der Waals surface area contributed by atoms with Gasteiger partial charge in [-0.05, 0) is 42.8 Å². The quantitative estimate of drug-likeness (QED) is 0.481. The van der Waals surface area contributed by atoms with Crippen molar-refractivity contribution in [2.75, 3.05) is 13.7 Å². The predicted octanol–water partition coefficient (Wildman–Crippen LogP) is 4.01. The molecule has 0 aliphatic carbocycles. The summed E-state index contributed by atoms with van der Waals surface area (Å²) in [4.78, 5) is 23.8. The zero-order valence-electron chi connectivity index (χ0n) is 16.0. The zero-order chi connectivity index (χ0) is 20.8. The Morgan fingerprint density at radius 1 is 1.21 bits per heavy atom. The van der Waals surface area contributed by atoms with Crippen LogP contribution in [0.2, 0.25) is 0 Å². The molecule has 6 nitrogen and oxygen atoms in total. The highest BCUT2D eigenvalue weighted by Crippen LogP contribution is 2.23. The molecule has 0 bridgehead atoms. The van der Waals surface area contributed by atoms with Crippen LogP contribution in [-0.4, -0.2) is 25.6 Å². The minimum absolute atomic E-state index is 0.111. The highest BCUT2D eigenvalue weighted by Gasteiger charge is 2.15. The first-order chi connectivity index (χ1) is 14.0. The number of para-hydroxylation sites is 1. The zero-order valence-corrected chi connectivity index (χ0v) is 16.0. The number of halogens is 1. The van der Waals surface area contributed by atoms with Crippen molar-refractivity contribution in [2.45, 2.75) is 13.0 Å². The van der Waals surface area contributed by atoms with Gasteiger partial charge in [-0.25, -0.2) is 9.18 Å². The number of amides is 1. The molecule has 0 spiro atoms. The number of furan rings is 1. The number of esters is 1. The lowest BCUT2D eigenvalue weighted by Crippen LogP contribution is -2.30. The number of rotatable bonds is 7. The Labute approximate surface area is 166 Å². The van der Waals surface area contributed by atoms with Crippen LogP contribution < -0.4 is 10.1 Å². The number of hydrogen-bond donors (Lipinski definition) is 1. The summed E-state index contributed by atoms with van der Waals surface area (Å²) < 4.78 is 29.1. The summed E-state index contributed by atoms with van der Waals surface area (Å²) in [5.41, 5.74) is 1.19. The molecule has 1 aromatic heterocycles. The van der Waals surface area contributed by atoms with Crippen molar-refractivity contribution in [3.05, 3.63) is 71.7 Å². The van der Waals surface area contributed by atoms with Crippen molar-refractivity contribution in [3.63, 3.8) is 0 Å². The van der Waals surface area contributed by atoms with E-state index in [0.717, 1.165) is 17.0 Å². The van der Waals surface area contributed by atoms with Crippen molar-refractivity contribution in [2.24, 2.45) is 0 Å². The van der Waals surface area contributed by atoms with Gasteiger partial charge < -0.3 is 19.2 Å². The fourth-order valence-corrected chi connectivity index (χ4v) is 2.71. The Balaban J connectivity index is 1.49. The molecule has 0 fully saturated rings. The van der Waals surface area contributed by atoms with Crippen LogP contribution in [0.25, 0.3) is 17.0 Å². The van der Waals surface area contributed by atoms with Gasteiger partial charge in [0.2, 0.25) is 0 Å². The Kier molecular flexibility index (Phi) is 6.29. The van der Waals surface area contributed by atoms with Gasteiger partial charge in [0.05, 0.1) is 13.2 Å². The minimum atomic E-state index is -0.715. The largest absolute Gasteiger partial charge is 0.494 e. The average molecular weight is 397 g/mol. The first-order valence-electron chi connectivity index (χ1n) is 8.92. The SMILES string of the molecule is COc1ccc(/C=C/C(=O)OCC(=O)N[C@H](C)c2cc3ccccc3o2)cc1F.